The third-order valence-electron chi connectivity index (χ3n) is 3.11. The highest BCUT2D eigenvalue weighted by molar-refractivity contribution is 9.10. The van der Waals surface area contributed by atoms with Gasteiger partial charge in [0.1, 0.15) is 0 Å². The summed E-state index contributed by atoms with van der Waals surface area (Å²) in [6, 6.07) is 8.14. The Hall–Kier alpha value is -0.850. The van der Waals surface area contributed by atoms with E-state index in [1.807, 2.05) is 18.2 Å². The van der Waals surface area contributed by atoms with Crippen molar-refractivity contribution < 1.29 is 4.52 Å². The molecule has 0 saturated heterocycles. The Labute approximate surface area is 130 Å². The molecule has 0 atom stereocenters. The number of halogens is 1. The quantitative estimate of drug-likeness (QED) is 0.770. The maximum absolute atomic E-state index is 5.24. The van der Waals surface area contributed by atoms with Crippen molar-refractivity contribution in [2.24, 2.45) is 5.92 Å². The van der Waals surface area contributed by atoms with Crippen LogP contribution in [0.3, 0.4) is 0 Å². The van der Waals surface area contributed by atoms with Gasteiger partial charge in [-0.3, -0.25) is 0 Å². The first-order valence-corrected chi connectivity index (χ1v) is 8.48. The van der Waals surface area contributed by atoms with Gasteiger partial charge in [0, 0.05) is 9.37 Å². The van der Waals surface area contributed by atoms with E-state index in [4.69, 9.17) is 4.52 Å². The van der Waals surface area contributed by atoms with Crippen molar-refractivity contribution in [2.75, 3.05) is 6.54 Å². The number of thioether (sulfide) groups is 1. The predicted molar refractivity (Wildman–Crippen MR) is 82.4 cm³/mol. The minimum absolute atomic E-state index is 0.670. The Bertz CT molecular complexity index is 571. The highest BCUT2D eigenvalue weighted by Gasteiger charge is 2.20. The Morgan fingerprint density at radius 1 is 1.35 bits per heavy atom. The Morgan fingerprint density at radius 3 is 3.00 bits per heavy atom. The van der Waals surface area contributed by atoms with E-state index in [1.54, 1.807) is 11.8 Å². The minimum Gasteiger partial charge on any atom is -0.338 e. The molecule has 1 heterocycles. The molecule has 1 aliphatic carbocycles. The molecule has 1 saturated carbocycles. The predicted octanol–water partition coefficient (Wildman–Crippen LogP) is 3.62. The van der Waals surface area contributed by atoms with Crippen LogP contribution in [0, 0.1) is 5.92 Å². The van der Waals surface area contributed by atoms with Gasteiger partial charge in [0.15, 0.2) is 5.82 Å². The van der Waals surface area contributed by atoms with Crippen LogP contribution >= 0.6 is 27.7 Å². The molecule has 0 radical (unpaired) electrons. The smallest absolute Gasteiger partial charge is 0.240 e. The summed E-state index contributed by atoms with van der Waals surface area (Å²) in [4.78, 5) is 5.58. The molecule has 6 heteroatoms. The monoisotopic (exact) mass is 353 g/mol. The average Bonchev–Trinajstić information content (AvgIpc) is 3.16. The maximum Gasteiger partial charge on any atom is 0.240 e. The van der Waals surface area contributed by atoms with Crippen LogP contribution in [0.25, 0.3) is 0 Å². The van der Waals surface area contributed by atoms with Gasteiger partial charge in [-0.25, -0.2) is 0 Å². The lowest BCUT2D eigenvalue weighted by Crippen LogP contribution is -2.16. The fourth-order valence-corrected chi connectivity index (χ4v) is 3.24. The lowest BCUT2D eigenvalue weighted by atomic mass is 10.4. The second kappa shape index (κ2) is 6.74. The maximum atomic E-state index is 5.24. The van der Waals surface area contributed by atoms with Crippen LogP contribution < -0.4 is 5.32 Å². The molecule has 4 nitrogen and oxygen atoms in total. The summed E-state index contributed by atoms with van der Waals surface area (Å²) in [5, 5.41) is 7.36. The summed E-state index contributed by atoms with van der Waals surface area (Å²) in [5.74, 6) is 3.00. The third-order valence-corrected chi connectivity index (χ3v) is 5.13. The Balaban J connectivity index is 1.48. The summed E-state index contributed by atoms with van der Waals surface area (Å²) in [6.45, 7) is 1.73. The van der Waals surface area contributed by atoms with Crippen molar-refractivity contribution in [2.45, 2.75) is 30.0 Å². The van der Waals surface area contributed by atoms with Crippen molar-refractivity contribution in [1.82, 2.24) is 15.5 Å². The summed E-state index contributed by atoms with van der Waals surface area (Å²) >= 11 is 5.23. The molecular formula is C14H16BrN3OS. The van der Waals surface area contributed by atoms with Crippen LogP contribution in [0.2, 0.25) is 0 Å². The van der Waals surface area contributed by atoms with E-state index in [1.165, 1.54) is 17.7 Å². The molecule has 1 N–H and O–H groups in total. The highest BCUT2D eigenvalue weighted by atomic mass is 79.9. The molecule has 1 aromatic heterocycles. The van der Waals surface area contributed by atoms with Crippen molar-refractivity contribution in [3.05, 3.63) is 40.5 Å². The van der Waals surface area contributed by atoms with E-state index in [2.05, 4.69) is 37.5 Å². The molecule has 0 bridgehead atoms. The lowest BCUT2D eigenvalue weighted by Gasteiger charge is -2.00. The first-order chi connectivity index (χ1) is 9.81. The number of hydrogen-bond donors (Lipinski definition) is 1. The molecule has 1 fully saturated rings. The SMILES string of the molecule is Brc1ccccc1SCc1noc(CNCC2CC2)n1. The van der Waals surface area contributed by atoms with Gasteiger partial charge in [-0.1, -0.05) is 17.3 Å². The van der Waals surface area contributed by atoms with Crippen LogP contribution in [0.4, 0.5) is 0 Å². The summed E-state index contributed by atoms with van der Waals surface area (Å²) in [6.07, 6.45) is 2.70. The molecule has 0 spiro atoms. The summed E-state index contributed by atoms with van der Waals surface area (Å²) in [5.41, 5.74) is 0. The van der Waals surface area contributed by atoms with Crippen molar-refractivity contribution in [3.8, 4) is 0 Å². The molecule has 20 heavy (non-hydrogen) atoms. The topological polar surface area (TPSA) is 51.0 Å². The second-order valence-corrected chi connectivity index (χ2v) is 6.77. The van der Waals surface area contributed by atoms with Crippen LogP contribution in [0.1, 0.15) is 24.6 Å². The van der Waals surface area contributed by atoms with E-state index in [9.17, 15) is 0 Å². The highest BCUT2D eigenvalue weighted by Crippen LogP contribution is 2.29. The normalized spacial score (nSPS) is 14.7. The fourth-order valence-electron chi connectivity index (χ4n) is 1.83. The van der Waals surface area contributed by atoms with Gasteiger partial charge in [-0.2, -0.15) is 4.98 Å². The fraction of sp³-hybridized carbons (Fsp3) is 0.429. The molecule has 0 aliphatic heterocycles. The Kier molecular flexibility index (Phi) is 4.75. The van der Waals surface area contributed by atoms with Gasteiger partial charge in [0.05, 0.1) is 12.3 Å². The van der Waals surface area contributed by atoms with Gasteiger partial charge >= 0.3 is 0 Å². The molecular weight excluding hydrogens is 338 g/mol. The number of aromatic nitrogens is 2. The van der Waals surface area contributed by atoms with Crippen LogP contribution in [-0.2, 0) is 12.3 Å². The van der Waals surface area contributed by atoms with E-state index in [0.717, 1.165) is 28.5 Å². The third kappa shape index (κ3) is 4.07. The van der Waals surface area contributed by atoms with Crippen molar-refractivity contribution in [1.29, 1.82) is 0 Å². The van der Waals surface area contributed by atoms with Crippen LogP contribution in [0.15, 0.2) is 38.2 Å². The zero-order valence-electron chi connectivity index (χ0n) is 11.0. The van der Waals surface area contributed by atoms with Gasteiger partial charge < -0.3 is 9.84 Å². The van der Waals surface area contributed by atoms with Gasteiger partial charge in [-0.15, -0.1) is 11.8 Å². The zero-order chi connectivity index (χ0) is 13.8. The molecule has 0 unspecified atom stereocenters. The number of hydrogen-bond acceptors (Lipinski definition) is 5. The number of benzene rings is 1. The van der Waals surface area contributed by atoms with Gasteiger partial charge in [-0.05, 0) is 53.4 Å². The summed E-state index contributed by atoms with van der Waals surface area (Å²) < 4.78 is 6.33. The van der Waals surface area contributed by atoms with E-state index in [-0.39, 0.29) is 0 Å². The standard InChI is InChI=1S/C14H16BrN3OS/c15-11-3-1-2-4-12(11)20-9-13-17-14(19-18-13)8-16-7-10-5-6-10/h1-4,10,16H,5-9H2. The van der Waals surface area contributed by atoms with E-state index in [0.29, 0.717) is 12.4 Å². The van der Waals surface area contributed by atoms with E-state index < -0.39 is 0 Å². The van der Waals surface area contributed by atoms with Crippen molar-refractivity contribution in [3.63, 3.8) is 0 Å². The van der Waals surface area contributed by atoms with Gasteiger partial charge in [0.2, 0.25) is 5.89 Å². The molecule has 1 aliphatic rings. The van der Waals surface area contributed by atoms with E-state index >= 15 is 0 Å². The summed E-state index contributed by atoms with van der Waals surface area (Å²) in [7, 11) is 0. The zero-order valence-corrected chi connectivity index (χ0v) is 13.4. The van der Waals surface area contributed by atoms with Gasteiger partial charge in [0.25, 0.3) is 0 Å². The average molecular weight is 354 g/mol. The Morgan fingerprint density at radius 2 is 2.20 bits per heavy atom. The lowest BCUT2D eigenvalue weighted by molar-refractivity contribution is 0.363. The first kappa shape index (κ1) is 14.1. The largest absolute Gasteiger partial charge is 0.338 e. The molecule has 1 aromatic carbocycles. The molecule has 2 aromatic rings. The van der Waals surface area contributed by atoms with Crippen LogP contribution in [-0.4, -0.2) is 16.7 Å². The first-order valence-electron chi connectivity index (χ1n) is 6.71. The van der Waals surface area contributed by atoms with Crippen molar-refractivity contribution >= 4 is 27.7 Å². The number of nitrogens with one attached hydrogen (secondary N) is 1. The minimum atomic E-state index is 0.670. The molecule has 106 valence electrons. The number of rotatable bonds is 7. The molecule has 3 rings (SSSR count). The second-order valence-electron chi connectivity index (χ2n) is 4.90. The molecule has 0 amide bonds. The van der Waals surface area contributed by atoms with Crippen LogP contribution in [0.5, 0.6) is 0 Å². The number of nitrogens with zero attached hydrogens (tertiary/aromatic N) is 2.